The average molecular weight is 326 g/mol. The van der Waals surface area contributed by atoms with E-state index >= 15 is 0 Å². The molecule has 1 aromatic rings. The zero-order chi connectivity index (χ0) is 16.3. The predicted molar refractivity (Wildman–Crippen MR) is 68.2 cm³/mol. The second-order valence-electron chi connectivity index (χ2n) is 4.19. The normalized spacial score (nSPS) is 12.4. The van der Waals surface area contributed by atoms with Crippen LogP contribution in [0.25, 0.3) is 0 Å². The molecule has 0 amide bonds. The van der Waals surface area contributed by atoms with Crippen LogP contribution < -0.4 is 4.72 Å². The minimum Gasteiger partial charge on any atom is -0.258 e. The van der Waals surface area contributed by atoms with Crippen LogP contribution in [0.1, 0.15) is 25.3 Å². The van der Waals surface area contributed by atoms with E-state index in [4.69, 9.17) is 0 Å². The van der Waals surface area contributed by atoms with Gasteiger partial charge in [-0.25, -0.2) is 13.1 Å². The van der Waals surface area contributed by atoms with E-state index < -0.39 is 37.3 Å². The van der Waals surface area contributed by atoms with Crippen LogP contribution in [0.5, 0.6) is 0 Å². The third-order valence-electron chi connectivity index (χ3n) is 2.60. The molecule has 0 spiro atoms. The Morgan fingerprint density at radius 2 is 1.95 bits per heavy atom. The van der Waals surface area contributed by atoms with E-state index in [1.807, 2.05) is 6.92 Å². The largest absolute Gasteiger partial charge is 0.423 e. The van der Waals surface area contributed by atoms with Crippen molar-refractivity contribution in [1.29, 1.82) is 0 Å². The van der Waals surface area contributed by atoms with Crippen molar-refractivity contribution < 1.29 is 26.5 Å². The Morgan fingerprint density at radius 1 is 1.33 bits per heavy atom. The standard InChI is InChI=1S/C11H13F3N2O4S/c1-2-3-6-15-21(19,20)8-4-5-10(16(17)18)9(7-8)11(12,13)14/h4-5,7,15H,2-3,6H2,1H3. The first-order valence-corrected chi connectivity index (χ1v) is 7.43. The molecule has 6 nitrogen and oxygen atoms in total. The molecule has 21 heavy (non-hydrogen) atoms. The number of hydrogen-bond acceptors (Lipinski definition) is 4. The lowest BCUT2D eigenvalue weighted by Gasteiger charge is -2.10. The van der Waals surface area contributed by atoms with Crippen molar-refractivity contribution in [2.45, 2.75) is 30.8 Å². The first-order chi connectivity index (χ1) is 9.59. The average Bonchev–Trinajstić information content (AvgIpc) is 2.37. The maximum absolute atomic E-state index is 12.8. The number of nitro benzene ring substituents is 1. The van der Waals surface area contributed by atoms with Crippen molar-refractivity contribution in [3.63, 3.8) is 0 Å². The minimum absolute atomic E-state index is 0.0805. The second kappa shape index (κ2) is 6.39. The molecule has 0 bridgehead atoms. The highest BCUT2D eigenvalue weighted by Crippen LogP contribution is 2.37. The van der Waals surface area contributed by atoms with E-state index in [-0.39, 0.29) is 12.6 Å². The van der Waals surface area contributed by atoms with Gasteiger partial charge in [-0.1, -0.05) is 13.3 Å². The topological polar surface area (TPSA) is 89.3 Å². The Hall–Kier alpha value is -1.68. The highest BCUT2D eigenvalue weighted by Gasteiger charge is 2.39. The van der Waals surface area contributed by atoms with Gasteiger partial charge in [0.2, 0.25) is 10.0 Å². The molecule has 0 saturated carbocycles. The molecule has 0 atom stereocenters. The zero-order valence-corrected chi connectivity index (χ0v) is 11.8. The molecule has 1 aromatic carbocycles. The van der Waals surface area contributed by atoms with Gasteiger partial charge in [-0.3, -0.25) is 10.1 Å². The second-order valence-corrected chi connectivity index (χ2v) is 5.95. The summed E-state index contributed by atoms with van der Waals surface area (Å²) in [6.45, 7) is 1.90. The van der Waals surface area contributed by atoms with E-state index in [0.717, 1.165) is 6.07 Å². The van der Waals surface area contributed by atoms with Crippen molar-refractivity contribution in [2.75, 3.05) is 6.54 Å². The summed E-state index contributed by atoms with van der Waals surface area (Å²) in [4.78, 5) is 8.72. The molecule has 0 heterocycles. The van der Waals surface area contributed by atoms with Crippen LogP contribution in [0.2, 0.25) is 0 Å². The van der Waals surface area contributed by atoms with Crippen LogP contribution in [-0.2, 0) is 16.2 Å². The third-order valence-corrected chi connectivity index (χ3v) is 4.06. The highest BCUT2D eigenvalue weighted by atomic mass is 32.2. The first kappa shape index (κ1) is 17.4. The van der Waals surface area contributed by atoms with Gasteiger partial charge in [0.1, 0.15) is 5.56 Å². The van der Waals surface area contributed by atoms with Gasteiger partial charge in [0.25, 0.3) is 5.69 Å². The summed E-state index contributed by atoms with van der Waals surface area (Å²) < 4.78 is 64.1. The Bertz CT molecular complexity index is 629. The van der Waals surface area contributed by atoms with Crippen molar-refractivity contribution in [3.05, 3.63) is 33.9 Å². The fourth-order valence-corrected chi connectivity index (χ4v) is 2.64. The number of halogens is 3. The molecule has 118 valence electrons. The van der Waals surface area contributed by atoms with Crippen molar-refractivity contribution in [2.24, 2.45) is 0 Å². The van der Waals surface area contributed by atoms with Gasteiger partial charge >= 0.3 is 6.18 Å². The lowest BCUT2D eigenvalue weighted by atomic mass is 10.2. The quantitative estimate of drug-likeness (QED) is 0.494. The Kier molecular flexibility index (Phi) is 5.29. The van der Waals surface area contributed by atoms with Gasteiger partial charge in [-0.05, 0) is 18.6 Å². The third kappa shape index (κ3) is 4.39. The molecule has 0 radical (unpaired) electrons. The summed E-state index contributed by atoms with van der Waals surface area (Å²) in [5.41, 5.74) is -2.78. The molecular formula is C11H13F3N2O4S. The van der Waals surface area contributed by atoms with Gasteiger partial charge in [0, 0.05) is 12.6 Å². The molecule has 0 saturated heterocycles. The SMILES string of the molecule is CCCCNS(=O)(=O)c1ccc([N+](=O)[O-])c(C(F)(F)F)c1. The molecular weight excluding hydrogens is 313 g/mol. The van der Waals surface area contributed by atoms with Gasteiger partial charge in [-0.15, -0.1) is 0 Å². The van der Waals surface area contributed by atoms with E-state index in [1.165, 1.54) is 0 Å². The van der Waals surface area contributed by atoms with Crippen LogP contribution in [0, 0.1) is 10.1 Å². The van der Waals surface area contributed by atoms with Crippen LogP contribution in [0.15, 0.2) is 23.1 Å². The maximum atomic E-state index is 12.8. The molecule has 0 fully saturated rings. The number of hydrogen-bond donors (Lipinski definition) is 1. The predicted octanol–water partition coefficient (Wildman–Crippen LogP) is 2.69. The number of sulfonamides is 1. The van der Waals surface area contributed by atoms with Gasteiger partial charge in [0.05, 0.1) is 9.82 Å². The Morgan fingerprint density at radius 3 is 2.43 bits per heavy atom. The minimum atomic E-state index is -5.02. The maximum Gasteiger partial charge on any atom is 0.423 e. The summed E-state index contributed by atoms with van der Waals surface area (Å²) in [5, 5.41) is 10.6. The summed E-state index contributed by atoms with van der Waals surface area (Å²) in [6, 6.07) is 1.59. The number of benzene rings is 1. The van der Waals surface area contributed by atoms with Crippen molar-refractivity contribution in [3.8, 4) is 0 Å². The summed E-state index contributed by atoms with van der Waals surface area (Å²) in [7, 11) is -4.13. The molecule has 10 heteroatoms. The zero-order valence-electron chi connectivity index (χ0n) is 11.0. The number of nitrogens with zero attached hydrogens (tertiary/aromatic N) is 1. The van der Waals surface area contributed by atoms with E-state index in [1.54, 1.807) is 0 Å². The summed E-state index contributed by atoms with van der Waals surface area (Å²) >= 11 is 0. The van der Waals surface area contributed by atoms with E-state index in [0.29, 0.717) is 18.9 Å². The van der Waals surface area contributed by atoms with Crippen LogP contribution in [-0.4, -0.2) is 19.9 Å². The molecule has 0 aliphatic carbocycles. The van der Waals surface area contributed by atoms with E-state index in [9.17, 15) is 31.7 Å². The fraction of sp³-hybridized carbons (Fsp3) is 0.455. The fourth-order valence-electron chi connectivity index (χ4n) is 1.54. The van der Waals surface area contributed by atoms with Gasteiger partial charge < -0.3 is 0 Å². The van der Waals surface area contributed by atoms with Gasteiger partial charge in [-0.2, -0.15) is 13.2 Å². The molecule has 1 rings (SSSR count). The van der Waals surface area contributed by atoms with Crippen LogP contribution in [0.4, 0.5) is 18.9 Å². The molecule has 0 unspecified atom stereocenters. The summed E-state index contributed by atoms with van der Waals surface area (Å²) in [6.07, 6.45) is -3.79. The monoisotopic (exact) mass is 326 g/mol. The smallest absolute Gasteiger partial charge is 0.258 e. The van der Waals surface area contributed by atoms with Crippen LogP contribution >= 0.6 is 0 Å². The molecule has 0 aromatic heterocycles. The Balaban J connectivity index is 3.25. The number of unbranched alkanes of at least 4 members (excludes halogenated alkanes) is 1. The summed E-state index contributed by atoms with van der Waals surface area (Å²) in [5.74, 6) is 0. The number of nitrogens with one attached hydrogen (secondary N) is 1. The lowest BCUT2D eigenvalue weighted by molar-refractivity contribution is -0.388. The van der Waals surface area contributed by atoms with Gasteiger partial charge in [0.15, 0.2) is 0 Å². The first-order valence-electron chi connectivity index (χ1n) is 5.95. The molecule has 1 N–H and O–H groups in total. The van der Waals surface area contributed by atoms with E-state index in [2.05, 4.69) is 4.72 Å². The molecule has 0 aliphatic rings. The molecule has 0 aliphatic heterocycles. The van der Waals surface area contributed by atoms with Crippen LogP contribution in [0.3, 0.4) is 0 Å². The number of nitro groups is 1. The Labute approximate surface area is 119 Å². The number of alkyl halides is 3. The van der Waals surface area contributed by atoms with Crippen molar-refractivity contribution in [1.82, 2.24) is 4.72 Å². The van der Waals surface area contributed by atoms with Crippen molar-refractivity contribution >= 4 is 15.7 Å². The highest BCUT2D eigenvalue weighted by molar-refractivity contribution is 7.89. The lowest BCUT2D eigenvalue weighted by Crippen LogP contribution is -2.25. The number of rotatable bonds is 6.